The van der Waals surface area contributed by atoms with Crippen LogP contribution in [0.15, 0.2) is 24.3 Å². The molecule has 2 aliphatic heterocycles. The van der Waals surface area contributed by atoms with Gasteiger partial charge in [-0.15, -0.1) is 0 Å². The number of aliphatic hydroxyl groups excluding tert-OH is 1. The van der Waals surface area contributed by atoms with E-state index in [0.29, 0.717) is 36.1 Å². The topological polar surface area (TPSA) is 64.1 Å². The molecule has 164 valence electrons. The first-order chi connectivity index (χ1) is 14.4. The van der Waals surface area contributed by atoms with E-state index in [1.807, 2.05) is 4.90 Å². The van der Waals surface area contributed by atoms with Crippen LogP contribution in [-0.4, -0.2) is 83.5 Å². The molecule has 2 amide bonds. The summed E-state index contributed by atoms with van der Waals surface area (Å²) >= 11 is 11.9. The molecule has 30 heavy (non-hydrogen) atoms. The first-order valence-corrected chi connectivity index (χ1v) is 11.3. The maximum Gasteiger partial charge on any atom is 0.246 e. The molecule has 1 N–H and O–H groups in total. The number of nitrogens with zero attached hydrogens (tertiary/aromatic N) is 3. The lowest BCUT2D eigenvalue weighted by Crippen LogP contribution is -2.35. The predicted molar refractivity (Wildman–Crippen MR) is 120 cm³/mol. The van der Waals surface area contributed by atoms with Crippen LogP contribution in [0.4, 0.5) is 0 Å². The predicted octanol–water partition coefficient (Wildman–Crippen LogP) is 2.91. The van der Waals surface area contributed by atoms with Crippen molar-refractivity contribution in [3.63, 3.8) is 0 Å². The number of β-amino-alcohol motifs (C(OH)–C–C–N with tert-alkyl or cyclic N) is 1. The Hall–Kier alpha value is -1.60. The highest BCUT2D eigenvalue weighted by Crippen LogP contribution is 2.23. The van der Waals surface area contributed by atoms with Crippen molar-refractivity contribution in [1.82, 2.24) is 14.7 Å². The van der Waals surface area contributed by atoms with Gasteiger partial charge in [0.15, 0.2) is 0 Å². The normalized spacial score (nSPS) is 20.9. The summed E-state index contributed by atoms with van der Waals surface area (Å²) in [4.78, 5) is 30.8. The Labute approximate surface area is 188 Å². The van der Waals surface area contributed by atoms with Gasteiger partial charge in [0.1, 0.15) is 0 Å². The van der Waals surface area contributed by atoms with Crippen LogP contribution in [-0.2, 0) is 9.59 Å². The molecule has 1 aromatic carbocycles. The van der Waals surface area contributed by atoms with Gasteiger partial charge >= 0.3 is 0 Å². The highest BCUT2D eigenvalue weighted by atomic mass is 35.5. The molecule has 1 unspecified atom stereocenters. The molecule has 1 aromatic rings. The first-order valence-electron chi connectivity index (χ1n) is 10.5. The fourth-order valence-electron chi connectivity index (χ4n) is 3.87. The Morgan fingerprint density at radius 3 is 2.63 bits per heavy atom. The third-order valence-electron chi connectivity index (χ3n) is 5.66. The van der Waals surface area contributed by atoms with Gasteiger partial charge < -0.3 is 19.8 Å². The van der Waals surface area contributed by atoms with E-state index in [4.69, 9.17) is 23.2 Å². The number of hydrogen-bond donors (Lipinski definition) is 1. The van der Waals surface area contributed by atoms with Crippen molar-refractivity contribution in [2.75, 3.05) is 45.8 Å². The number of hydrogen-bond acceptors (Lipinski definition) is 4. The zero-order chi connectivity index (χ0) is 21.5. The van der Waals surface area contributed by atoms with Crippen LogP contribution in [0.25, 0.3) is 6.08 Å². The molecule has 2 aliphatic rings. The molecule has 1 atom stereocenters. The minimum Gasteiger partial charge on any atom is -0.392 e. The van der Waals surface area contributed by atoms with E-state index >= 15 is 0 Å². The van der Waals surface area contributed by atoms with Crippen molar-refractivity contribution in [3.8, 4) is 0 Å². The minimum absolute atomic E-state index is 0.107. The zero-order valence-corrected chi connectivity index (χ0v) is 18.6. The van der Waals surface area contributed by atoms with Gasteiger partial charge in [0, 0.05) is 51.8 Å². The third-order valence-corrected chi connectivity index (χ3v) is 6.40. The van der Waals surface area contributed by atoms with Gasteiger partial charge in [-0.25, -0.2) is 0 Å². The van der Waals surface area contributed by atoms with E-state index in [0.717, 1.165) is 51.0 Å². The average Bonchev–Trinajstić information content (AvgIpc) is 3.05. The number of aliphatic hydroxyl groups is 1. The Balaban J connectivity index is 1.43. The van der Waals surface area contributed by atoms with Crippen LogP contribution in [0.3, 0.4) is 0 Å². The molecular formula is C22H29Cl2N3O3. The lowest BCUT2D eigenvalue weighted by atomic mass is 10.2. The van der Waals surface area contributed by atoms with E-state index in [9.17, 15) is 14.7 Å². The molecule has 6 nitrogen and oxygen atoms in total. The minimum atomic E-state index is -0.188. The summed E-state index contributed by atoms with van der Waals surface area (Å²) in [6.45, 7) is 4.93. The SMILES string of the molecule is O=C(/C=C/c1ccc(Cl)c(Cl)c1)N1CCC(=O)N(CCCCN2CCC(O)C2)CC1. The summed E-state index contributed by atoms with van der Waals surface area (Å²) in [6, 6.07) is 5.21. The van der Waals surface area contributed by atoms with Gasteiger partial charge in [0.05, 0.1) is 16.1 Å². The molecule has 2 fully saturated rings. The fourth-order valence-corrected chi connectivity index (χ4v) is 4.17. The molecule has 2 heterocycles. The van der Waals surface area contributed by atoms with Crippen molar-refractivity contribution < 1.29 is 14.7 Å². The van der Waals surface area contributed by atoms with E-state index in [1.54, 1.807) is 29.2 Å². The van der Waals surface area contributed by atoms with Gasteiger partial charge in [0.25, 0.3) is 0 Å². The highest BCUT2D eigenvalue weighted by Gasteiger charge is 2.23. The molecule has 3 rings (SSSR count). The second kappa shape index (κ2) is 11.1. The molecule has 0 aliphatic carbocycles. The molecular weight excluding hydrogens is 425 g/mol. The third kappa shape index (κ3) is 6.71. The first kappa shape index (κ1) is 23.1. The van der Waals surface area contributed by atoms with Crippen LogP contribution < -0.4 is 0 Å². The number of halogens is 2. The second-order valence-electron chi connectivity index (χ2n) is 7.91. The van der Waals surface area contributed by atoms with Crippen LogP contribution in [0.2, 0.25) is 10.0 Å². The van der Waals surface area contributed by atoms with Crippen molar-refractivity contribution in [1.29, 1.82) is 0 Å². The second-order valence-corrected chi connectivity index (χ2v) is 8.73. The lowest BCUT2D eigenvalue weighted by molar-refractivity contribution is -0.130. The number of unbranched alkanes of at least 4 members (excludes halogenated alkanes) is 1. The molecule has 0 saturated carbocycles. The van der Waals surface area contributed by atoms with E-state index in [1.165, 1.54) is 6.08 Å². The number of carbonyl (C=O) groups is 2. The number of rotatable bonds is 7. The van der Waals surface area contributed by atoms with Crippen LogP contribution in [0.5, 0.6) is 0 Å². The van der Waals surface area contributed by atoms with E-state index < -0.39 is 0 Å². The molecule has 0 aromatic heterocycles. The Morgan fingerprint density at radius 2 is 1.90 bits per heavy atom. The van der Waals surface area contributed by atoms with Crippen LogP contribution >= 0.6 is 23.2 Å². The fraction of sp³-hybridized carbons (Fsp3) is 0.545. The lowest BCUT2D eigenvalue weighted by Gasteiger charge is -2.22. The van der Waals surface area contributed by atoms with E-state index in [2.05, 4.69) is 4.90 Å². The van der Waals surface area contributed by atoms with Crippen LogP contribution in [0, 0.1) is 0 Å². The summed E-state index contributed by atoms with van der Waals surface area (Å²) in [5.41, 5.74) is 0.802. The summed E-state index contributed by atoms with van der Waals surface area (Å²) < 4.78 is 0. The standard InChI is InChI=1S/C22H29Cl2N3O3/c23-19-5-3-17(15-20(19)24)4-6-21(29)27-12-8-22(30)26(13-14-27)10-2-1-9-25-11-7-18(28)16-25/h3-6,15,18,28H,1-2,7-14,16H2/b6-4+. The molecule has 0 radical (unpaired) electrons. The number of amides is 2. The van der Waals surface area contributed by atoms with Crippen molar-refractivity contribution in [3.05, 3.63) is 39.9 Å². The van der Waals surface area contributed by atoms with E-state index in [-0.39, 0.29) is 17.9 Å². The van der Waals surface area contributed by atoms with Gasteiger partial charge in [-0.3, -0.25) is 9.59 Å². The smallest absolute Gasteiger partial charge is 0.246 e. The monoisotopic (exact) mass is 453 g/mol. The molecule has 8 heteroatoms. The average molecular weight is 454 g/mol. The largest absolute Gasteiger partial charge is 0.392 e. The Morgan fingerprint density at radius 1 is 1.10 bits per heavy atom. The molecule has 0 bridgehead atoms. The van der Waals surface area contributed by atoms with Gasteiger partial charge in [-0.05, 0) is 49.6 Å². The molecule has 2 saturated heterocycles. The summed E-state index contributed by atoms with van der Waals surface area (Å²) in [7, 11) is 0. The van der Waals surface area contributed by atoms with Crippen molar-refractivity contribution in [2.45, 2.75) is 31.8 Å². The summed E-state index contributed by atoms with van der Waals surface area (Å²) in [6.07, 6.45) is 6.19. The maximum atomic E-state index is 12.5. The number of benzene rings is 1. The Bertz CT molecular complexity index is 787. The van der Waals surface area contributed by atoms with Crippen molar-refractivity contribution in [2.24, 2.45) is 0 Å². The van der Waals surface area contributed by atoms with Crippen LogP contribution in [0.1, 0.15) is 31.2 Å². The van der Waals surface area contributed by atoms with Gasteiger partial charge in [-0.1, -0.05) is 29.3 Å². The maximum absolute atomic E-state index is 12.5. The quantitative estimate of drug-likeness (QED) is 0.509. The number of likely N-dealkylation sites (tertiary alicyclic amines) is 1. The van der Waals surface area contributed by atoms with Crippen molar-refractivity contribution >= 4 is 41.1 Å². The summed E-state index contributed by atoms with van der Waals surface area (Å²) in [5.74, 6) is -0.00123. The summed E-state index contributed by atoms with van der Waals surface area (Å²) in [5, 5.41) is 10.5. The number of carbonyl (C=O) groups excluding carboxylic acids is 2. The van der Waals surface area contributed by atoms with Gasteiger partial charge in [0.2, 0.25) is 11.8 Å². The Kier molecular flexibility index (Phi) is 8.57. The molecule has 0 spiro atoms. The van der Waals surface area contributed by atoms with Gasteiger partial charge in [-0.2, -0.15) is 0 Å². The highest BCUT2D eigenvalue weighted by molar-refractivity contribution is 6.42. The zero-order valence-electron chi connectivity index (χ0n) is 17.1.